The average molecular weight is 307 g/mol. The maximum atomic E-state index is 12.9. The second-order valence-corrected chi connectivity index (χ2v) is 5.28. The molecule has 1 aromatic carbocycles. The van der Waals surface area contributed by atoms with Crippen LogP contribution in [-0.4, -0.2) is 36.2 Å². The van der Waals surface area contributed by atoms with Crippen molar-refractivity contribution in [3.8, 4) is 0 Å². The highest BCUT2D eigenvalue weighted by molar-refractivity contribution is 6.04. The summed E-state index contributed by atoms with van der Waals surface area (Å²) < 4.78 is 12.9. The highest BCUT2D eigenvalue weighted by Gasteiger charge is 2.29. The second kappa shape index (κ2) is 7.02. The summed E-state index contributed by atoms with van der Waals surface area (Å²) in [6.45, 7) is 3.56. The van der Waals surface area contributed by atoms with Gasteiger partial charge in [-0.05, 0) is 31.5 Å². The molecule has 1 aliphatic heterocycles. The monoisotopic (exact) mass is 307 g/mol. The van der Waals surface area contributed by atoms with Crippen LogP contribution in [0.15, 0.2) is 29.4 Å². The Morgan fingerprint density at radius 3 is 2.68 bits per heavy atom. The Morgan fingerprint density at radius 1 is 1.36 bits per heavy atom. The number of rotatable bonds is 5. The Bertz CT molecular complexity index is 584. The minimum atomic E-state index is -0.771. The van der Waals surface area contributed by atoms with Crippen LogP contribution in [0.2, 0.25) is 0 Å². The lowest BCUT2D eigenvalue weighted by Crippen LogP contribution is -2.43. The van der Waals surface area contributed by atoms with Gasteiger partial charge >= 0.3 is 0 Å². The summed E-state index contributed by atoms with van der Waals surface area (Å²) in [6.07, 6.45) is -0.490. The van der Waals surface area contributed by atoms with Crippen LogP contribution in [0.1, 0.15) is 25.8 Å². The lowest BCUT2D eigenvalue weighted by Gasteiger charge is -2.11. The molecule has 0 saturated heterocycles. The summed E-state index contributed by atoms with van der Waals surface area (Å²) in [5.41, 5.74) is 1.28. The summed E-state index contributed by atoms with van der Waals surface area (Å²) in [7, 11) is 0. The van der Waals surface area contributed by atoms with E-state index in [0.717, 1.165) is 0 Å². The summed E-state index contributed by atoms with van der Waals surface area (Å²) in [5, 5.41) is 9.02. The highest BCUT2D eigenvalue weighted by atomic mass is 19.1. The van der Waals surface area contributed by atoms with Crippen LogP contribution in [0.25, 0.3) is 0 Å². The molecule has 7 heteroatoms. The zero-order valence-electron chi connectivity index (χ0n) is 12.4. The predicted octanol–water partition coefficient (Wildman–Crippen LogP) is 0.959. The van der Waals surface area contributed by atoms with Crippen molar-refractivity contribution in [2.24, 2.45) is 5.16 Å². The largest absolute Gasteiger partial charge is 0.382 e. The Kier molecular flexibility index (Phi) is 5.08. The van der Waals surface area contributed by atoms with E-state index in [-0.39, 0.29) is 30.7 Å². The molecule has 0 spiro atoms. The van der Waals surface area contributed by atoms with E-state index in [1.807, 2.05) is 13.8 Å². The molecule has 2 amide bonds. The van der Waals surface area contributed by atoms with Gasteiger partial charge in [0.25, 0.3) is 5.91 Å². The number of amides is 2. The van der Waals surface area contributed by atoms with Gasteiger partial charge in [-0.15, -0.1) is 0 Å². The fraction of sp³-hybridized carbons (Fsp3) is 0.400. The van der Waals surface area contributed by atoms with Gasteiger partial charge in [0, 0.05) is 12.5 Å². The molecule has 1 aromatic rings. The van der Waals surface area contributed by atoms with Crippen molar-refractivity contribution in [3.05, 3.63) is 35.6 Å². The molecule has 0 aliphatic carbocycles. The van der Waals surface area contributed by atoms with E-state index >= 15 is 0 Å². The third kappa shape index (κ3) is 4.28. The SMILES string of the molecule is CC(C)NC(=O)CNC(=O)C1CC(c2ccc(F)cc2)=NO1. The molecule has 0 fully saturated rings. The van der Waals surface area contributed by atoms with Crippen molar-refractivity contribution in [1.82, 2.24) is 10.6 Å². The third-order valence-electron chi connectivity index (χ3n) is 3.01. The summed E-state index contributed by atoms with van der Waals surface area (Å²) in [6, 6.07) is 5.81. The molecule has 22 heavy (non-hydrogen) atoms. The number of carbonyl (C=O) groups is 2. The van der Waals surface area contributed by atoms with Crippen LogP contribution in [0, 0.1) is 5.82 Å². The molecule has 2 N–H and O–H groups in total. The highest BCUT2D eigenvalue weighted by Crippen LogP contribution is 2.17. The third-order valence-corrected chi connectivity index (χ3v) is 3.01. The number of halogens is 1. The van der Waals surface area contributed by atoms with Gasteiger partial charge in [0.05, 0.1) is 12.3 Å². The van der Waals surface area contributed by atoms with Gasteiger partial charge < -0.3 is 15.5 Å². The second-order valence-electron chi connectivity index (χ2n) is 5.28. The van der Waals surface area contributed by atoms with Crippen molar-refractivity contribution in [2.45, 2.75) is 32.4 Å². The molecular weight excluding hydrogens is 289 g/mol. The molecule has 0 aromatic heterocycles. The van der Waals surface area contributed by atoms with Gasteiger partial charge in [0.15, 0.2) is 0 Å². The smallest absolute Gasteiger partial charge is 0.264 e. The Labute approximate surface area is 127 Å². The molecule has 2 rings (SSSR count). The van der Waals surface area contributed by atoms with E-state index in [4.69, 9.17) is 4.84 Å². The quantitative estimate of drug-likeness (QED) is 0.850. The van der Waals surface area contributed by atoms with Crippen LogP contribution in [-0.2, 0) is 14.4 Å². The molecular formula is C15H18FN3O3. The molecule has 1 aliphatic rings. The van der Waals surface area contributed by atoms with Crippen molar-refractivity contribution in [3.63, 3.8) is 0 Å². The molecule has 0 radical (unpaired) electrons. The van der Waals surface area contributed by atoms with Crippen molar-refractivity contribution in [2.75, 3.05) is 6.54 Å². The van der Waals surface area contributed by atoms with Gasteiger partial charge in [0.1, 0.15) is 5.82 Å². The molecule has 118 valence electrons. The molecule has 1 unspecified atom stereocenters. The molecule has 0 saturated carbocycles. The van der Waals surface area contributed by atoms with Crippen molar-refractivity contribution >= 4 is 17.5 Å². The first-order valence-electron chi connectivity index (χ1n) is 7.01. The Hall–Kier alpha value is -2.44. The number of hydrogen-bond donors (Lipinski definition) is 2. The van der Waals surface area contributed by atoms with E-state index in [1.54, 1.807) is 12.1 Å². The zero-order valence-corrected chi connectivity index (χ0v) is 12.4. The van der Waals surface area contributed by atoms with Gasteiger partial charge in [0.2, 0.25) is 12.0 Å². The zero-order chi connectivity index (χ0) is 16.1. The number of carbonyl (C=O) groups excluding carboxylic acids is 2. The summed E-state index contributed by atoms with van der Waals surface area (Å²) in [5.74, 6) is -1.01. The van der Waals surface area contributed by atoms with Gasteiger partial charge in [-0.25, -0.2) is 4.39 Å². The topological polar surface area (TPSA) is 79.8 Å². The van der Waals surface area contributed by atoms with Crippen molar-refractivity contribution in [1.29, 1.82) is 0 Å². The number of nitrogens with zero attached hydrogens (tertiary/aromatic N) is 1. The van der Waals surface area contributed by atoms with Gasteiger partial charge in [-0.3, -0.25) is 9.59 Å². The van der Waals surface area contributed by atoms with Crippen LogP contribution >= 0.6 is 0 Å². The minimum absolute atomic E-state index is 0.0144. The number of hydrogen-bond acceptors (Lipinski definition) is 4. The Morgan fingerprint density at radius 2 is 2.05 bits per heavy atom. The normalized spacial score (nSPS) is 16.9. The predicted molar refractivity (Wildman–Crippen MR) is 78.7 cm³/mol. The molecule has 1 atom stereocenters. The first-order valence-corrected chi connectivity index (χ1v) is 7.01. The molecule has 6 nitrogen and oxygen atoms in total. The average Bonchev–Trinajstić information content (AvgIpc) is 2.94. The lowest BCUT2D eigenvalue weighted by molar-refractivity contribution is -0.133. The summed E-state index contributed by atoms with van der Waals surface area (Å²) in [4.78, 5) is 28.5. The van der Waals surface area contributed by atoms with E-state index in [9.17, 15) is 14.0 Å². The van der Waals surface area contributed by atoms with Crippen LogP contribution < -0.4 is 10.6 Å². The van der Waals surface area contributed by atoms with Crippen LogP contribution in [0.5, 0.6) is 0 Å². The summed E-state index contributed by atoms with van der Waals surface area (Å²) >= 11 is 0. The lowest BCUT2D eigenvalue weighted by atomic mass is 10.0. The molecule has 1 heterocycles. The number of oxime groups is 1. The maximum Gasteiger partial charge on any atom is 0.264 e. The molecule has 0 bridgehead atoms. The van der Waals surface area contributed by atoms with E-state index in [1.165, 1.54) is 12.1 Å². The fourth-order valence-electron chi connectivity index (χ4n) is 1.99. The minimum Gasteiger partial charge on any atom is -0.382 e. The first kappa shape index (κ1) is 15.9. The van der Waals surface area contributed by atoms with Gasteiger partial charge in [-0.2, -0.15) is 0 Å². The van der Waals surface area contributed by atoms with E-state index in [2.05, 4.69) is 15.8 Å². The standard InChI is InChI=1S/C15H18FN3O3/c1-9(2)18-14(20)8-17-15(21)13-7-12(19-22-13)10-3-5-11(16)6-4-10/h3-6,9,13H,7-8H2,1-2H3,(H,17,21)(H,18,20). The van der Waals surface area contributed by atoms with Gasteiger partial charge in [-0.1, -0.05) is 17.3 Å². The van der Waals surface area contributed by atoms with E-state index < -0.39 is 12.0 Å². The number of benzene rings is 1. The fourth-order valence-corrected chi connectivity index (χ4v) is 1.99. The maximum absolute atomic E-state index is 12.9. The Balaban J connectivity index is 1.82. The van der Waals surface area contributed by atoms with Crippen LogP contribution in [0.4, 0.5) is 4.39 Å². The van der Waals surface area contributed by atoms with Crippen molar-refractivity contribution < 1.29 is 18.8 Å². The number of nitrogens with one attached hydrogen (secondary N) is 2. The first-order chi connectivity index (χ1) is 10.5. The van der Waals surface area contributed by atoms with E-state index in [0.29, 0.717) is 11.3 Å². The van der Waals surface area contributed by atoms with Crippen LogP contribution in [0.3, 0.4) is 0 Å².